The number of aromatic amines is 1. The third kappa shape index (κ3) is 12.1. The Morgan fingerprint density at radius 1 is 0.955 bits per heavy atom. The molecule has 2 aromatic rings. The van der Waals surface area contributed by atoms with Gasteiger partial charge < -0.3 is 47.3 Å². The van der Waals surface area contributed by atoms with Crippen molar-refractivity contribution in [2.45, 2.75) is 76.7 Å². The van der Waals surface area contributed by atoms with Gasteiger partial charge in [-0.15, -0.1) is 0 Å². The Labute approximate surface area is 259 Å². The molecule has 0 fully saturated rings. The van der Waals surface area contributed by atoms with E-state index in [0.717, 1.165) is 16.5 Å². The second-order valence-corrected chi connectivity index (χ2v) is 11.9. The van der Waals surface area contributed by atoms with Crippen molar-refractivity contribution in [1.29, 1.82) is 0 Å². The molecular formula is C28H42N6O9S. The third-order valence-electron chi connectivity index (χ3n) is 6.15. The minimum atomic E-state index is -1.55. The number of carboxylic acids is 1. The maximum Gasteiger partial charge on any atom is 0.408 e. The summed E-state index contributed by atoms with van der Waals surface area (Å²) >= 11 is 1.40. The molecule has 16 heteroatoms. The van der Waals surface area contributed by atoms with Crippen molar-refractivity contribution >= 4 is 58.4 Å². The lowest BCUT2D eigenvalue weighted by Gasteiger charge is -2.26. The molecule has 0 bridgehead atoms. The number of nitrogens with two attached hydrogens (primary N) is 1. The van der Waals surface area contributed by atoms with Crippen LogP contribution in [0.2, 0.25) is 0 Å². The maximum absolute atomic E-state index is 13.6. The summed E-state index contributed by atoms with van der Waals surface area (Å²) in [4.78, 5) is 78.2. The minimum absolute atomic E-state index is 0. The van der Waals surface area contributed by atoms with Gasteiger partial charge in [0, 0.05) is 23.5 Å². The Hall–Kier alpha value is -4.31. The number of hydrogen-bond acceptors (Lipinski definition) is 8. The maximum atomic E-state index is 13.6. The van der Waals surface area contributed by atoms with Crippen LogP contribution in [0.3, 0.4) is 0 Å². The summed E-state index contributed by atoms with van der Waals surface area (Å²) in [6.07, 6.45) is 2.09. The van der Waals surface area contributed by atoms with Crippen molar-refractivity contribution in [3.8, 4) is 0 Å². The van der Waals surface area contributed by atoms with Gasteiger partial charge in [-0.05, 0) is 57.8 Å². The first-order valence-corrected chi connectivity index (χ1v) is 15.0. The van der Waals surface area contributed by atoms with Crippen LogP contribution in [-0.4, -0.2) is 93.0 Å². The van der Waals surface area contributed by atoms with Gasteiger partial charge >= 0.3 is 12.1 Å². The fourth-order valence-corrected chi connectivity index (χ4v) is 4.47. The second-order valence-electron chi connectivity index (χ2n) is 10.9. The Balaban J connectivity index is 0.00000968. The quantitative estimate of drug-likeness (QED) is 0.138. The summed E-state index contributed by atoms with van der Waals surface area (Å²) < 4.78 is 5.35. The van der Waals surface area contributed by atoms with E-state index < -0.39 is 71.9 Å². The molecule has 0 saturated heterocycles. The number of fused-ring (bicyclic) bond motifs is 1. The summed E-state index contributed by atoms with van der Waals surface area (Å²) in [5.74, 6) is -4.24. The van der Waals surface area contributed by atoms with Crippen molar-refractivity contribution in [2.24, 2.45) is 5.73 Å². The molecule has 1 aromatic heterocycles. The normalized spacial score (nSPS) is 13.8. The zero-order valence-corrected chi connectivity index (χ0v) is 26.1. The van der Waals surface area contributed by atoms with Crippen LogP contribution < -0.4 is 27.0 Å². The summed E-state index contributed by atoms with van der Waals surface area (Å²) in [7, 11) is 0. The van der Waals surface area contributed by atoms with Gasteiger partial charge in [-0.3, -0.25) is 24.0 Å². The standard InChI is InChI=1S/C28H40N6O8S.H2O/c1-15(23(29)37)31-25(39)21(13-22(35)36)33-24(38)19(10-11-43-5)32-26(40)20(34-27(41)42-28(2,3)4)12-16-14-30-18-9-7-6-8-17(16)18;/h6-9,14-15,19-21,30H,10-13H2,1-5H3,(H2,29,37)(H,31,39)(H,32,40)(H,33,38)(H,34,41)(H,35,36);1H2/t15-,19+,20+,21+;/m1./s1. The SMILES string of the molecule is CSCC[C@H](NC(=O)[C@H](Cc1c[nH]c2ccccc12)NC(=O)OC(C)(C)C)C(=O)N[C@@H](CC(=O)O)C(=O)N[C@H](C)C(N)=O.O. The highest BCUT2D eigenvalue weighted by molar-refractivity contribution is 7.98. The van der Waals surface area contributed by atoms with Crippen LogP contribution in [-0.2, 0) is 35.1 Å². The number of para-hydroxylation sites is 1. The lowest BCUT2D eigenvalue weighted by atomic mass is 10.0. The number of aromatic nitrogens is 1. The number of alkyl carbamates (subject to hydrolysis) is 1. The second kappa shape index (κ2) is 17.1. The first-order chi connectivity index (χ1) is 20.1. The van der Waals surface area contributed by atoms with E-state index in [-0.39, 0.29) is 18.3 Å². The predicted molar refractivity (Wildman–Crippen MR) is 165 cm³/mol. The number of hydrogen-bond donors (Lipinski definition) is 7. The van der Waals surface area contributed by atoms with Crippen LogP contribution in [0.15, 0.2) is 30.5 Å². The molecule has 0 unspecified atom stereocenters. The van der Waals surface area contributed by atoms with E-state index in [1.165, 1.54) is 18.7 Å². The molecular weight excluding hydrogens is 596 g/mol. The molecule has 4 atom stereocenters. The highest BCUT2D eigenvalue weighted by Crippen LogP contribution is 2.20. The van der Waals surface area contributed by atoms with Gasteiger partial charge in [0.25, 0.3) is 0 Å². The Morgan fingerprint density at radius 3 is 2.14 bits per heavy atom. The van der Waals surface area contributed by atoms with Gasteiger partial charge in [-0.1, -0.05) is 18.2 Å². The molecule has 2 rings (SSSR count). The van der Waals surface area contributed by atoms with Crippen LogP contribution in [0.1, 0.15) is 46.1 Å². The summed E-state index contributed by atoms with van der Waals surface area (Å²) in [6.45, 7) is 6.35. The van der Waals surface area contributed by atoms with Crippen LogP contribution in [0.5, 0.6) is 0 Å². The average Bonchev–Trinajstić information content (AvgIpc) is 3.31. The number of primary amides is 1. The largest absolute Gasteiger partial charge is 0.481 e. The zero-order chi connectivity index (χ0) is 32.3. The summed E-state index contributed by atoms with van der Waals surface area (Å²) in [5, 5.41) is 20.0. The lowest BCUT2D eigenvalue weighted by molar-refractivity contribution is -0.141. The van der Waals surface area contributed by atoms with E-state index in [4.69, 9.17) is 10.5 Å². The molecule has 0 aliphatic rings. The molecule has 0 aliphatic carbocycles. The highest BCUT2D eigenvalue weighted by atomic mass is 32.2. The number of nitrogens with one attached hydrogen (secondary N) is 5. The Bertz CT molecular complexity index is 1330. The monoisotopic (exact) mass is 638 g/mol. The molecule has 10 N–H and O–H groups in total. The molecule has 1 heterocycles. The molecule has 15 nitrogen and oxygen atoms in total. The Kier molecular flexibility index (Phi) is 14.7. The molecule has 0 radical (unpaired) electrons. The van der Waals surface area contributed by atoms with Crippen LogP contribution in [0.25, 0.3) is 10.9 Å². The first-order valence-electron chi connectivity index (χ1n) is 13.6. The smallest absolute Gasteiger partial charge is 0.408 e. The molecule has 1 aromatic carbocycles. The number of ether oxygens (including phenoxy) is 1. The van der Waals surface area contributed by atoms with E-state index in [0.29, 0.717) is 5.75 Å². The van der Waals surface area contributed by atoms with Crippen LogP contribution in [0.4, 0.5) is 4.79 Å². The van der Waals surface area contributed by atoms with Crippen molar-refractivity contribution in [3.63, 3.8) is 0 Å². The topological polar surface area (TPSA) is 253 Å². The summed E-state index contributed by atoms with van der Waals surface area (Å²) in [5.41, 5.74) is 5.91. The zero-order valence-electron chi connectivity index (χ0n) is 25.3. The van der Waals surface area contributed by atoms with Gasteiger partial charge in [-0.2, -0.15) is 11.8 Å². The van der Waals surface area contributed by atoms with E-state index in [2.05, 4.69) is 26.3 Å². The van der Waals surface area contributed by atoms with Gasteiger partial charge in [0.2, 0.25) is 23.6 Å². The van der Waals surface area contributed by atoms with Gasteiger partial charge in [0.05, 0.1) is 6.42 Å². The molecule has 244 valence electrons. The van der Waals surface area contributed by atoms with Crippen molar-refractivity contribution < 1.29 is 44.1 Å². The van der Waals surface area contributed by atoms with E-state index in [1.54, 1.807) is 33.2 Å². The number of aliphatic carboxylic acids is 1. The van der Waals surface area contributed by atoms with E-state index in [9.17, 15) is 33.9 Å². The fourth-order valence-electron chi connectivity index (χ4n) is 4.00. The lowest BCUT2D eigenvalue weighted by Crippen LogP contribution is -2.58. The van der Waals surface area contributed by atoms with Crippen LogP contribution >= 0.6 is 11.8 Å². The Morgan fingerprint density at radius 2 is 1.55 bits per heavy atom. The molecule has 0 saturated carbocycles. The van der Waals surface area contributed by atoms with Crippen LogP contribution in [0, 0.1) is 0 Å². The van der Waals surface area contributed by atoms with Gasteiger partial charge in [0.15, 0.2) is 0 Å². The molecule has 0 aliphatic heterocycles. The number of carboxylic acid groups (broad SMARTS) is 1. The number of thioether (sulfide) groups is 1. The van der Waals surface area contributed by atoms with Gasteiger partial charge in [0.1, 0.15) is 29.8 Å². The molecule has 0 spiro atoms. The highest BCUT2D eigenvalue weighted by Gasteiger charge is 2.32. The first kappa shape index (κ1) is 37.7. The third-order valence-corrected chi connectivity index (χ3v) is 6.79. The number of rotatable bonds is 15. The number of carbonyl (C=O) groups excluding carboxylic acids is 5. The minimum Gasteiger partial charge on any atom is -0.481 e. The number of carbonyl (C=O) groups is 6. The van der Waals surface area contributed by atoms with Crippen molar-refractivity contribution in [2.75, 3.05) is 12.0 Å². The van der Waals surface area contributed by atoms with E-state index >= 15 is 0 Å². The average molecular weight is 639 g/mol. The molecule has 5 amide bonds. The van der Waals surface area contributed by atoms with E-state index in [1.807, 2.05) is 24.3 Å². The number of benzene rings is 1. The van der Waals surface area contributed by atoms with Crippen molar-refractivity contribution in [1.82, 2.24) is 26.3 Å². The molecule has 44 heavy (non-hydrogen) atoms. The van der Waals surface area contributed by atoms with Crippen molar-refractivity contribution in [3.05, 3.63) is 36.0 Å². The number of H-pyrrole nitrogens is 1. The van der Waals surface area contributed by atoms with Gasteiger partial charge in [-0.25, -0.2) is 4.79 Å². The predicted octanol–water partition coefficient (Wildman–Crippen LogP) is -0.0336. The fraction of sp³-hybridized carbons (Fsp3) is 0.500. The summed E-state index contributed by atoms with van der Waals surface area (Å²) in [6, 6.07) is 2.41. The number of amides is 5.